The SMILES string of the molecule is CSC(=O)c1c(C)cc2c(c1O)CC(C(C)(C)O)O2. The maximum Gasteiger partial charge on any atom is 0.223 e. The number of benzene rings is 1. The summed E-state index contributed by atoms with van der Waals surface area (Å²) in [4.78, 5) is 11.8. The summed E-state index contributed by atoms with van der Waals surface area (Å²) in [5.41, 5.74) is 0.636. The summed E-state index contributed by atoms with van der Waals surface area (Å²) in [5.74, 6) is 0.542. The molecule has 0 saturated heterocycles. The lowest BCUT2D eigenvalue weighted by Crippen LogP contribution is -2.39. The van der Waals surface area contributed by atoms with Crippen LogP contribution in [0.5, 0.6) is 11.5 Å². The molecule has 1 aliphatic heterocycles. The summed E-state index contributed by atoms with van der Waals surface area (Å²) in [6.07, 6.45) is 1.68. The van der Waals surface area contributed by atoms with Crippen LogP contribution in [-0.4, -0.2) is 33.3 Å². The highest BCUT2D eigenvalue weighted by Gasteiger charge is 2.37. The zero-order valence-corrected chi connectivity index (χ0v) is 12.3. The van der Waals surface area contributed by atoms with Gasteiger partial charge in [0.1, 0.15) is 17.6 Å². The summed E-state index contributed by atoms with van der Waals surface area (Å²) in [6.45, 7) is 5.10. The molecule has 0 saturated carbocycles. The highest BCUT2D eigenvalue weighted by molar-refractivity contribution is 8.13. The Labute approximate surface area is 116 Å². The summed E-state index contributed by atoms with van der Waals surface area (Å²) in [7, 11) is 0. The fraction of sp³-hybridized carbons (Fsp3) is 0.500. The third-order valence-corrected chi connectivity index (χ3v) is 3.97. The molecule has 5 heteroatoms. The first-order valence-corrected chi connectivity index (χ1v) is 7.31. The van der Waals surface area contributed by atoms with Gasteiger partial charge in [0.2, 0.25) is 5.12 Å². The molecule has 0 amide bonds. The lowest BCUT2D eigenvalue weighted by molar-refractivity contribution is -0.0229. The molecule has 104 valence electrons. The van der Waals surface area contributed by atoms with Gasteiger partial charge in [0.15, 0.2) is 0 Å². The Bertz CT molecular complexity index is 531. The molecule has 1 atom stereocenters. The lowest BCUT2D eigenvalue weighted by atomic mass is 9.95. The maximum absolute atomic E-state index is 11.8. The molecular weight excluding hydrogens is 264 g/mol. The van der Waals surface area contributed by atoms with E-state index in [-0.39, 0.29) is 10.9 Å². The van der Waals surface area contributed by atoms with Gasteiger partial charge in [0, 0.05) is 12.0 Å². The van der Waals surface area contributed by atoms with E-state index in [1.807, 2.05) is 0 Å². The van der Waals surface area contributed by atoms with E-state index in [9.17, 15) is 15.0 Å². The quantitative estimate of drug-likeness (QED) is 0.871. The molecule has 1 unspecified atom stereocenters. The number of phenolic OH excluding ortho intramolecular Hbond substituents is 1. The first-order valence-electron chi connectivity index (χ1n) is 6.08. The lowest BCUT2D eigenvalue weighted by Gasteiger charge is -2.24. The molecule has 4 nitrogen and oxygen atoms in total. The molecule has 2 rings (SSSR count). The summed E-state index contributed by atoms with van der Waals surface area (Å²) in [5, 5.41) is 20.1. The van der Waals surface area contributed by atoms with Crippen LogP contribution in [0, 0.1) is 6.92 Å². The van der Waals surface area contributed by atoms with Gasteiger partial charge in [-0.2, -0.15) is 0 Å². The van der Waals surface area contributed by atoms with Crippen molar-refractivity contribution in [1.82, 2.24) is 0 Å². The van der Waals surface area contributed by atoms with Gasteiger partial charge in [-0.05, 0) is 38.7 Å². The smallest absolute Gasteiger partial charge is 0.223 e. The second-order valence-electron chi connectivity index (χ2n) is 5.35. The molecular formula is C14H18O4S. The number of fused-ring (bicyclic) bond motifs is 1. The Kier molecular flexibility index (Phi) is 3.53. The zero-order chi connectivity index (χ0) is 14.4. The number of hydrogen-bond acceptors (Lipinski definition) is 5. The topological polar surface area (TPSA) is 66.8 Å². The molecule has 1 aromatic carbocycles. The van der Waals surface area contributed by atoms with Crippen molar-refractivity contribution in [2.45, 2.75) is 38.9 Å². The molecule has 1 heterocycles. The number of aliphatic hydroxyl groups is 1. The van der Waals surface area contributed by atoms with Crippen molar-refractivity contribution in [2.24, 2.45) is 0 Å². The second kappa shape index (κ2) is 4.72. The molecule has 0 fully saturated rings. The van der Waals surface area contributed by atoms with Gasteiger partial charge in [-0.25, -0.2) is 0 Å². The number of phenols is 1. The van der Waals surface area contributed by atoms with Crippen molar-refractivity contribution >= 4 is 16.9 Å². The predicted molar refractivity (Wildman–Crippen MR) is 75.1 cm³/mol. The average molecular weight is 282 g/mol. The minimum absolute atomic E-state index is 0.0129. The van der Waals surface area contributed by atoms with Crippen LogP contribution in [0.15, 0.2) is 6.07 Å². The third kappa shape index (κ3) is 2.44. The fourth-order valence-electron chi connectivity index (χ4n) is 2.25. The minimum Gasteiger partial charge on any atom is -0.507 e. The van der Waals surface area contributed by atoms with E-state index in [0.717, 1.165) is 11.8 Å². The van der Waals surface area contributed by atoms with Crippen molar-refractivity contribution in [3.63, 3.8) is 0 Å². The predicted octanol–water partition coefficient (Wildman–Crippen LogP) is 2.28. The van der Waals surface area contributed by atoms with Crippen molar-refractivity contribution in [3.05, 3.63) is 22.8 Å². The third-order valence-electron chi connectivity index (χ3n) is 3.40. The van der Waals surface area contributed by atoms with Crippen molar-refractivity contribution in [1.29, 1.82) is 0 Å². The largest absolute Gasteiger partial charge is 0.507 e. The molecule has 2 N–H and O–H groups in total. The first kappa shape index (κ1) is 14.2. The van der Waals surface area contributed by atoms with Crippen molar-refractivity contribution in [2.75, 3.05) is 6.26 Å². The summed E-state index contributed by atoms with van der Waals surface area (Å²) < 4.78 is 5.67. The molecule has 0 aromatic heterocycles. The summed E-state index contributed by atoms with van der Waals surface area (Å²) >= 11 is 1.07. The van der Waals surface area contributed by atoms with Gasteiger partial charge in [-0.15, -0.1) is 0 Å². The molecule has 0 bridgehead atoms. The van der Waals surface area contributed by atoms with Gasteiger partial charge in [0.25, 0.3) is 0 Å². The highest BCUT2D eigenvalue weighted by Crippen LogP contribution is 2.42. The number of thioether (sulfide) groups is 1. The Morgan fingerprint density at radius 1 is 1.53 bits per heavy atom. The van der Waals surface area contributed by atoms with Crippen molar-refractivity contribution in [3.8, 4) is 11.5 Å². The van der Waals surface area contributed by atoms with Crippen molar-refractivity contribution < 1.29 is 19.7 Å². The van der Waals surface area contributed by atoms with Crippen LogP contribution in [0.2, 0.25) is 0 Å². The average Bonchev–Trinajstić information content (AvgIpc) is 2.72. The fourth-order valence-corrected chi connectivity index (χ4v) is 2.71. The van der Waals surface area contributed by atoms with Gasteiger partial charge in [-0.1, -0.05) is 11.8 Å². The number of hydrogen-bond donors (Lipinski definition) is 2. The molecule has 0 spiro atoms. The molecule has 19 heavy (non-hydrogen) atoms. The number of aryl methyl sites for hydroxylation is 1. The summed E-state index contributed by atoms with van der Waals surface area (Å²) in [6, 6.07) is 1.75. The van der Waals surface area contributed by atoms with E-state index in [4.69, 9.17) is 4.74 Å². The normalized spacial score (nSPS) is 18.1. The first-order chi connectivity index (χ1) is 8.75. The van der Waals surface area contributed by atoms with Crippen LogP contribution in [0.3, 0.4) is 0 Å². The van der Waals surface area contributed by atoms with E-state index in [1.54, 1.807) is 33.1 Å². The standard InChI is InChI=1S/C14H18O4S/c1-7-5-9-8(6-10(18-9)14(2,3)17)12(15)11(7)13(16)19-4/h5,10,15,17H,6H2,1-4H3. The van der Waals surface area contributed by atoms with Crippen LogP contribution in [0.25, 0.3) is 0 Å². The number of carbonyl (C=O) groups is 1. The maximum atomic E-state index is 11.8. The van der Waals surface area contributed by atoms with Gasteiger partial charge in [0.05, 0.1) is 11.2 Å². The van der Waals surface area contributed by atoms with E-state index in [0.29, 0.717) is 28.9 Å². The Hall–Kier alpha value is -1.20. The van der Waals surface area contributed by atoms with Crippen LogP contribution >= 0.6 is 11.8 Å². The highest BCUT2D eigenvalue weighted by atomic mass is 32.2. The van der Waals surface area contributed by atoms with Crippen LogP contribution in [0.1, 0.15) is 35.3 Å². The monoisotopic (exact) mass is 282 g/mol. The molecule has 0 radical (unpaired) electrons. The van der Waals surface area contributed by atoms with Gasteiger partial charge < -0.3 is 14.9 Å². The Morgan fingerprint density at radius 2 is 2.16 bits per heavy atom. The van der Waals surface area contributed by atoms with E-state index in [1.165, 1.54) is 0 Å². The van der Waals surface area contributed by atoms with Crippen LogP contribution in [-0.2, 0) is 6.42 Å². The molecule has 0 aliphatic carbocycles. The number of aromatic hydroxyl groups is 1. The number of carbonyl (C=O) groups excluding carboxylic acids is 1. The number of ether oxygens (including phenoxy) is 1. The van der Waals surface area contributed by atoms with E-state index in [2.05, 4.69) is 0 Å². The Balaban J connectivity index is 2.47. The number of rotatable bonds is 2. The van der Waals surface area contributed by atoms with E-state index >= 15 is 0 Å². The van der Waals surface area contributed by atoms with E-state index < -0.39 is 11.7 Å². The zero-order valence-electron chi connectivity index (χ0n) is 11.5. The Morgan fingerprint density at radius 3 is 2.68 bits per heavy atom. The van der Waals surface area contributed by atoms with Crippen LogP contribution < -0.4 is 4.74 Å². The molecule has 1 aromatic rings. The van der Waals surface area contributed by atoms with Crippen LogP contribution in [0.4, 0.5) is 0 Å². The second-order valence-corrected chi connectivity index (χ2v) is 6.13. The minimum atomic E-state index is -0.997. The molecule has 1 aliphatic rings. The van der Waals surface area contributed by atoms with Gasteiger partial charge in [-0.3, -0.25) is 4.79 Å². The van der Waals surface area contributed by atoms with Gasteiger partial charge >= 0.3 is 0 Å².